The number of rotatable bonds is 2. The van der Waals surface area contributed by atoms with Gasteiger partial charge < -0.3 is 9.47 Å². The van der Waals surface area contributed by atoms with Crippen LogP contribution in [-0.2, 0) is 5.75 Å². The van der Waals surface area contributed by atoms with Crippen LogP contribution in [0.3, 0.4) is 0 Å². The van der Waals surface area contributed by atoms with Crippen LogP contribution < -0.4 is 14.8 Å². The van der Waals surface area contributed by atoms with Crippen molar-refractivity contribution in [2.75, 3.05) is 12.1 Å². The average molecular weight is 368 g/mol. The van der Waals surface area contributed by atoms with Gasteiger partial charge in [0, 0.05) is 26.7 Å². The van der Waals surface area contributed by atoms with Crippen LogP contribution in [0.2, 0.25) is 0 Å². The molecule has 5 nitrogen and oxygen atoms in total. The molecule has 2 aliphatic rings. The molecule has 0 atom stereocenters. The zero-order chi connectivity index (χ0) is 16.8. The van der Waals surface area contributed by atoms with E-state index in [2.05, 4.69) is 22.4 Å². The molecular weight excluding hydrogens is 356 g/mol. The van der Waals surface area contributed by atoms with Crippen molar-refractivity contribution in [3.8, 4) is 22.8 Å². The third-order valence-corrected chi connectivity index (χ3v) is 6.31. The normalized spacial score (nSPS) is 13.9. The van der Waals surface area contributed by atoms with Gasteiger partial charge in [0.2, 0.25) is 6.79 Å². The second-order valence-corrected chi connectivity index (χ2v) is 7.70. The highest BCUT2D eigenvalue weighted by Crippen LogP contribution is 2.44. The standard InChI is InChI=1S/C18H12N2O3S2/c21-17(10-5-6-12-13(7-10)23-9-22-12)20-18-19-16-11-3-1-2-4-14(11)24-8-15(16)25-18/h1-7H,8-9H2,(H,19,20,21). The number of thiazole rings is 1. The van der Waals surface area contributed by atoms with Crippen molar-refractivity contribution in [2.24, 2.45) is 0 Å². The number of nitrogens with zero attached hydrogens (tertiary/aromatic N) is 1. The van der Waals surface area contributed by atoms with Crippen LogP contribution in [0, 0.1) is 0 Å². The summed E-state index contributed by atoms with van der Waals surface area (Å²) in [6.07, 6.45) is 0. The van der Waals surface area contributed by atoms with E-state index in [0.717, 1.165) is 17.0 Å². The number of amides is 1. The zero-order valence-corrected chi connectivity index (χ0v) is 14.6. The van der Waals surface area contributed by atoms with Gasteiger partial charge in [-0.2, -0.15) is 0 Å². The van der Waals surface area contributed by atoms with E-state index < -0.39 is 0 Å². The number of carbonyl (C=O) groups is 1. The van der Waals surface area contributed by atoms with E-state index >= 15 is 0 Å². The van der Waals surface area contributed by atoms with Gasteiger partial charge in [-0.15, -0.1) is 23.1 Å². The lowest BCUT2D eigenvalue weighted by molar-refractivity contribution is 0.102. The second kappa shape index (κ2) is 5.79. The lowest BCUT2D eigenvalue weighted by Gasteiger charge is -2.13. The Balaban J connectivity index is 1.42. The number of nitrogens with one attached hydrogen (secondary N) is 1. The van der Waals surface area contributed by atoms with Crippen LogP contribution in [-0.4, -0.2) is 17.7 Å². The summed E-state index contributed by atoms with van der Waals surface area (Å²) in [4.78, 5) is 19.6. The van der Waals surface area contributed by atoms with Crippen molar-refractivity contribution in [1.82, 2.24) is 4.98 Å². The van der Waals surface area contributed by atoms with Crippen LogP contribution >= 0.6 is 23.1 Å². The van der Waals surface area contributed by atoms with Gasteiger partial charge >= 0.3 is 0 Å². The highest BCUT2D eigenvalue weighted by Gasteiger charge is 2.22. The van der Waals surface area contributed by atoms with E-state index in [-0.39, 0.29) is 12.7 Å². The Morgan fingerprint density at radius 3 is 2.96 bits per heavy atom. The molecule has 0 fully saturated rings. The Bertz CT molecular complexity index is 1000. The van der Waals surface area contributed by atoms with Crippen molar-refractivity contribution in [3.05, 3.63) is 52.9 Å². The van der Waals surface area contributed by atoms with Crippen LogP contribution in [0.15, 0.2) is 47.4 Å². The molecule has 3 heterocycles. The quantitative estimate of drug-likeness (QED) is 0.727. The molecule has 7 heteroatoms. The van der Waals surface area contributed by atoms with Crippen LogP contribution in [0.4, 0.5) is 5.13 Å². The van der Waals surface area contributed by atoms with E-state index in [1.807, 2.05) is 12.1 Å². The van der Waals surface area contributed by atoms with Gasteiger partial charge in [0.25, 0.3) is 5.91 Å². The Kier molecular flexibility index (Phi) is 3.43. The highest BCUT2D eigenvalue weighted by molar-refractivity contribution is 7.98. The first-order valence-corrected chi connectivity index (χ1v) is 9.51. The summed E-state index contributed by atoms with van der Waals surface area (Å²) in [7, 11) is 0. The number of anilines is 1. The molecular formula is C18H12N2O3S2. The maximum absolute atomic E-state index is 12.5. The fourth-order valence-corrected chi connectivity index (χ4v) is 4.95. The molecule has 0 radical (unpaired) electrons. The molecule has 0 unspecified atom stereocenters. The Morgan fingerprint density at radius 1 is 1.12 bits per heavy atom. The number of hydrogen-bond acceptors (Lipinski definition) is 6. The van der Waals surface area contributed by atoms with Crippen molar-refractivity contribution in [2.45, 2.75) is 10.6 Å². The number of carbonyl (C=O) groups excluding carboxylic acids is 1. The number of fused-ring (bicyclic) bond motifs is 4. The number of thioether (sulfide) groups is 1. The molecule has 0 saturated heterocycles. The summed E-state index contributed by atoms with van der Waals surface area (Å²) in [5.41, 5.74) is 2.63. The van der Waals surface area contributed by atoms with Gasteiger partial charge in [-0.3, -0.25) is 10.1 Å². The minimum atomic E-state index is -0.203. The molecule has 0 aliphatic carbocycles. The van der Waals surface area contributed by atoms with E-state index in [1.54, 1.807) is 30.0 Å². The molecule has 2 aliphatic heterocycles. The molecule has 0 spiro atoms. The minimum Gasteiger partial charge on any atom is -0.454 e. The molecule has 3 aromatic rings. The van der Waals surface area contributed by atoms with E-state index in [4.69, 9.17) is 9.47 Å². The third kappa shape index (κ3) is 2.56. The molecule has 5 rings (SSSR count). The predicted octanol–water partition coefficient (Wildman–Crippen LogP) is 4.40. The predicted molar refractivity (Wildman–Crippen MR) is 97.6 cm³/mol. The molecule has 2 aromatic carbocycles. The summed E-state index contributed by atoms with van der Waals surface area (Å²) in [6, 6.07) is 13.4. The van der Waals surface area contributed by atoms with Crippen molar-refractivity contribution < 1.29 is 14.3 Å². The van der Waals surface area contributed by atoms with Gasteiger partial charge in [-0.05, 0) is 24.3 Å². The summed E-state index contributed by atoms with van der Waals surface area (Å²) < 4.78 is 10.6. The SMILES string of the molecule is O=C(Nc1nc2c(s1)CSc1ccccc1-2)c1ccc2c(c1)OCO2. The van der Waals surface area contributed by atoms with Crippen LogP contribution in [0.1, 0.15) is 15.2 Å². The molecule has 25 heavy (non-hydrogen) atoms. The Labute approximate surface area is 152 Å². The van der Waals surface area contributed by atoms with Crippen molar-refractivity contribution in [1.29, 1.82) is 0 Å². The van der Waals surface area contributed by atoms with Gasteiger partial charge in [0.1, 0.15) is 0 Å². The van der Waals surface area contributed by atoms with Gasteiger partial charge in [0.05, 0.1) is 5.69 Å². The highest BCUT2D eigenvalue weighted by atomic mass is 32.2. The third-order valence-electron chi connectivity index (χ3n) is 4.05. The number of benzene rings is 2. The van der Waals surface area contributed by atoms with Crippen molar-refractivity contribution in [3.63, 3.8) is 0 Å². The van der Waals surface area contributed by atoms with Crippen LogP contribution in [0.5, 0.6) is 11.5 Å². The first-order chi connectivity index (χ1) is 12.3. The summed E-state index contributed by atoms with van der Waals surface area (Å²) in [5, 5.41) is 3.52. The monoisotopic (exact) mass is 368 g/mol. The second-order valence-electron chi connectivity index (χ2n) is 5.60. The first kappa shape index (κ1) is 14.8. The lowest BCUT2D eigenvalue weighted by Crippen LogP contribution is -2.11. The topological polar surface area (TPSA) is 60.5 Å². The molecule has 0 saturated carbocycles. The fourth-order valence-electron chi connectivity index (χ4n) is 2.85. The number of aromatic nitrogens is 1. The maximum atomic E-state index is 12.5. The average Bonchev–Trinajstić information content (AvgIpc) is 3.27. The number of ether oxygens (including phenoxy) is 2. The summed E-state index contributed by atoms with van der Waals surface area (Å²) in [5.74, 6) is 1.93. The lowest BCUT2D eigenvalue weighted by atomic mass is 10.1. The first-order valence-electron chi connectivity index (χ1n) is 7.71. The van der Waals surface area contributed by atoms with E-state index in [0.29, 0.717) is 22.2 Å². The Hall–Kier alpha value is -2.51. The van der Waals surface area contributed by atoms with E-state index in [1.165, 1.54) is 21.1 Å². The largest absolute Gasteiger partial charge is 0.454 e. The zero-order valence-electron chi connectivity index (χ0n) is 12.9. The smallest absolute Gasteiger partial charge is 0.257 e. The molecule has 1 aromatic heterocycles. The number of hydrogen-bond donors (Lipinski definition) is 1. The summed E-state index contributed by atoms with van der Waals surface area (Å²) in [6.45, 7) is 0.191. The van der Waals surface area contributed by atoms with Crippen LogP contribution in [0.25, 0.3) is 11.3 Å². The van der Waals surface area contributed by atoms with E-state index in [9.17, 15) is 4.79 Å². The Morgan fingerprint density at radius 2 is 2.00 bits per heavy atom. The maximum Gasteiger partial charge on any atom is 0.257 e. The molecule has 1 amide bonds. The van der Waals surface area contributed by atoms with Gasteiger partial charge in [0.15, 0.2) is 16.6 Å². The van der Waals surface area contributed by atoms with Gasteiger partial charge in [-0.25, -0.2) is 4.98 Å². The molecule has 0 bridgehead atoms. The summed E-state index contributed by atoms with van der Waals surface area (Å²) >= 11 is 3.33. The molecule has 124 valence electrons. The molecule has 1 N–H and O–H groups in total. The minimum absolute atomic E-state index is 0.191. The van der Waals surface area contributed by atoms with Gasteiger partial charge in [-0.1, -0.05) is 18.2 Å². The fraction of sp³-hybridized carbons (Fsp3) is 0.111. The van der Waals surface area contributed by atoms with Crippen molar-refractivity contribution >= 4 is 34.1 Å².